The number of nitrogens with two attached hydrogens (primary N) is 1. The van der Waals surface area contributed by atoms with E-state index in [2.05, 4.69) is 5.32 Å². The van der Waals surface area contributed by atoms with E-state index >= 15 is 0 Å². The second-order valence-corrected chi connectivity index (χ2v) is 6.51. The minimum absolute atomic E-state index is 0.0117. The van der Waals surface area contributed by atoms with Gasteiger partial charge < -0.3 is 15.8 Å². The molecule has 0 spiro atoms. The van der Waals surface area contributed by atoms with Crippen molar-refractivity contribution in [2.24, 2.45) is 11.7 Å². The Labute approximate surface area is 147 Å². The zero-order chi connectivity index (χ0) is 17.6. The van der Waals surface area contributed by atoms with Gasteiger partial charge >= 0.3 is 0 Å². The lowest BCUT2D eigenvalue weighted by molar-refractivity contribution is -0.117. The van der Waals surface area contributed by atoms with Gasteiger partial charge in [-0.15, -0.1) is 0 Å². The molecule has 0 heterocycles. The molecule has 1 amide bonds. The maximum Gasteiger partial charge on any atom is 0.224 e. The minimum atomic E-state index is -0.281. The van der Waals surface area contributed by atoms with Gasteiger partial charge in [0, 0.05) is 23.7 Å². The van der Waals surface area contributed by atoms with E-state index in [1.807, 2.05) is 0 Å². The summed E-state index contributed by atoms with van der Waals surface area (Å²) in [6.45, 7) is 0.165. The van der Waals surface area contributed by atoms with Gasteiger partial charge in [-0.2, -0.15) is 0 Å². The number of rotatable bonds is 6. The average molecular weight is 342 g/mol. The summed E-state index contributed by atoms with van der Waals surface area (Å²) >= 11 is 0. The van der Waals surface area contributed by atoms with Gasteiger partial charge in [-0.25, -0.2) is 4.39 Å². The minimum Gasteiger partial charge on any atom is -0.489 e. The van der Waals surface area contributed by atoms with Crippen molar-refractivity contribution in [3.8, 4) is 5.75 Å². The summed E-state index contributed by atoms with van der Waals surface area (Å²) in [5, 5.41) is 2.89. The summed E-state index contributed by atoms with van der Waals surface area (Å²) in [7, 11) is 0. The molecular formula is C20H23FN2O2. The molecule has 3 rings (SSSR count). The molecule has 0 bridgehead atoms. The largest absolute Gasteiger partial charge is 0.489 e. The van der Waals surface area contributed by atoms with Crippen molar-refractivity contribution in [1.82, 2.24) is 0 Å². The van der Waals surface area contributed by atoms with Gasteiger partial charge in [-0.3, -0.25) is 4.79 Å². The number of hydrogen-bond acceptors (Lipinski definition) is 3. The first-order chi connectivity index (χ1) is 12.1. The Balaban J connectivity index is 1.50. The highest BCUT2D eigenvalue weighted by Gasteiger charge is 2.25. The van der Waals surface area contributed by atoms with E-state index in [0.717, 1.165) is 24.9 Å². The van der Waals surface area contributed by atoms with E-state index in [1.54, 1.807) is 42.5 Å². The fraction of sp³-hybridized carbons (Fsp3) is 0.350. The quantitative estimate of drug-likeness (QED) is 0.838. The van der Waals surface area contributed by atoms with Crippen molar-refractivity contribution in [3.63, 3.8) is 0 Å². The van der Waals surface area contributed by atoms with Crippen LogP contribution in [0.1, 0.15) is 31.2 Å². The van der Waals surface area contributed by atoms with E-state index in [9.17, 15) is 9.18 Å². The van der Waals surface area contributed by atoms with Crippen molar-refractivity contribution in [2.45, 2.75) is 38.3 Å². The van der Waals surface area contributed by atoms with Crippen molar-refractivity contribution in [2.75, 3.05) is 5.32 Å². The summed E-state index contributed by atoms with van der Waals surface area (Å²) in [4.78, 5) is 12.1. The average Bonchev–Trinajstić information content (AvgIpc) is 3.00. The lowest BCUT2D eigenvalue weighted by Crippen LogP contribution is -2.28. The van der Waals surface area contributed by atoms with E-state index in [-0.39, 0.29) is 30.3 Å². The fourth-order valence-corrected chi connectivity index (χ4v) is 3.18. The van der Waals surface area contributed by atoms with Crippen molar-refractivity contribution in [3.05, 3.63) is 59.9 Å². The molecule has 0 aliphatic heterocycles. The Hall–Kier alpha value is -2.40. The molecule has 0 aromatic heterocycles. The number of carbonyl (C=O) groups excluding carboxylic acids is 1. The van der Waals surface area contributed by atoms with E-state index in [0.29, 0.717) is 17.7 Å². The zero-order valence-electron chi connectivity index (χ0n) is 14.1. The highest BCUT2D eigenvalue weighted by atomic mass is 19.1. The molecule has 25 heavy (non-hydrogen) atoms. The molecule has 0 saturated heterocycles. The van der Waals surface area contributed by atoms with Crippen LogP contribution in [0.3, 0.4) is 0 Å². The molecule has 2 aromatic rings. The summed E-state index contributed by atoms with van der Waals surface area (Å²) in [5.74, 6) is 0.612. The molecule has 0 radical (unpaired) electrons. The second-order valence-electron chi connectivity index (χ2n) is 6.51. The number of halogens is 1. The molecule has 1 saturated carbocycles. The first kappa shape index (κ1) is 17.4. The van der Waals surface area contributed by atoms with Gasteiger partial charge in [0.05, 0.1) is 0 Å². The Morgan fingerprint density at radius 3 is 2.60 bits per heavy atom. The lowest BCUT2D eigenvalue weighted by Gasteiger charge is -2.15. The Morgan fingerprint density at radius 1 is 1.16 bits per heavy atom. The van der Waals surface area contributed by atoms with E-state index in [1.165, 1.54) is 6.07 Å². The topological polar surface area (TPSA) is 64.4 Å². The summed E-state index contributed by atoms with van der Waals surface area (Å²) in [6, 6.07) is 13.7. The Kier molecular flexibility index (Phi) is 5.66. The van der Waals surface area contributed by atoms with Crippen LogP contribution >= 0.6 is 0 Å². The van der Waals surface area contributed by atoms with Crippen LogP contribution in [0.25, 0.3) is 0 Å². The molecule has 5 heteroatoms. The molecular weight excluding hydrogens is 319 g/mol. The Bertz CT molecular complexity index is 718. The molecule has 3 N–H and O–H groups in total. The normalized spacial score (nSPS) is 19.6. The third-order valence-corrected chi connectivity index (χ3v) is 4.66. The zero-order valence-corrected chi connectivity index (χ0v) is 14.1. The third-order valence-electron chi connectivity index (χ3n) is 4.66. The van der Waals surface area contributed by atoms with Crippen LogP contribution in [0.5, 0.6) is 5.75 Å². The van der Waals surface area contributed by atoms with Gasteiger partial charge in [0.25, 0.3) is 0 Å². The SMILES string of the molecule is N[C@@H]1CCC[C@H]1CC(=O)Nc1ccc(OCc2ccccc2F)cc1. The number of ether oxygens (including phenoxy) is 1. The van der Waals surface area contributed by atoms with Gasteiger partial charge in [-0.1, -0.05) is 24.6 Å². The van der Waals surface area contributed by atoms with Crippen molar-refractivity contribution < 1.29 is 13.9 Å². The number of amides is 1. The molecule has 4 nitrogen and oxygen atoms in total. The second kappa shape index (κ2) is 8.12. The van der Waals surface area contributed by atoms with E-state index < -0.39 is 0 Å². The van der Waals surface area contributed by atoms with Crippen LogP contribution in [0, 0.1) is 11.7 Å². The van der Waals surface area contributed by atoms with Gasteiger partial charge in [0.2, 0.25) is 5.91 Å². The fourth-order valence-electron chi connectivity index (χ4n) is 3.18. The van der Waals surface area contributed by atoms with Crippen LogP contribution in [0.15, 0.2) is 48.5 Å². The van der Waals surface area contributed by atoms with Gasteiger partial charge in [0.1, 0.15) is 18.2 Å². The van der Waals surface area contributed by atoms with Gasteiger partial charge in [0.15, 0.2) is 0 Å². The smallest absolute Gasteiger partial charge is 0.224 e. The first-order valence-corrected chi connectivity index (χ1v) is 8.63. The highest BCUT2D eigenvalue weighted by molar-refractivity contribution is 5.90. The summed E-state index contributed by atoms with van der Waals surface area (Å²) < 4.78 is 19.1. The standard InChI is InChI=1S/C20H23FN2O2/c21-18-6-2-1-4-15(18)13-25-17-10-8-16(9-11-17)23-20(24)12-14-5-3-7-19(14)22/h1-2,4,6,8-11,14,19H,3,5,7,12-13,22H2,(H,23,24)/t14-,19+/m0/s1. The lowest BCUT2D eigenvalue weighted by atomic mass is 10.00. The first-order valence-electron chi connectivity index (χ1n) is 8.63. The third kappa shape index (κ3) is 4.79. The number of anilines is 1. The predicted octanol–water partition coefficient (Wildman–Crippen LogP) is 3.86. The molecule has 1 aliphatic rings. The molecule has 1 aliphatic carbocycles. The Morgan fingerprint density at radius 2 is 1.92 bits per heavy atom. The van der Waals surface area contributed by atoms with Crippen LogP contribution < -0.4 is 15.8 Å². The van der Waals surface area contributed by atoms with Crippen molar-refractivity contribution >= 4 is 11.6 Å². The molecule has 2 aromatic carbocycles. The maximum absolute atomic E-state index is 13.6. The molecule has 132 valence electrons. The molecule has 1 fully saturated rings. The highest BCUT2D eigenvalue weighted by Crippen LogP contribution is 2.27. The number of carbonyl (C=O) groups is 1. The van der Waals surface area contributed by atoms with Crippen molar-refractivity contribution in [1.29, 1.82) is 0 Å². The van der Waals surface area contributed by atoms with E-state index in [4.69, 9.17) is 10.5 Å². The number of hydrogen-bond donors (Lipinski definition) is 2. The monoisotopic (exact) mass is 342 g/mol. The van der Waals surface area contributed by atoms with Crippen LogP contribution in [-0.4, -0.2) is 11.9 Å². The van der Waals surface area contributed by atoms with Crippen LogP contribution in [0.2, 0.25) is 0 Å². The molecule has 2 atom stereocenters. The summed E-state index contributed by atoms with van der Waals surface area (Å²) in [6.07, 6.45) is 3.60. The maximum atomic E-state index is 13.6. The number of benzene rings is 2. The molecule has 0 unspecified atom stereocenters. The number of nitrogens with one attached hydrogen (secondary N) is 1. The summed E-state index contributed by atoms with van der Waals surface area (Å²) in [5.41, 5.74) is 7.23. The van der Waals surface area contributed by atoms with Crippen LogP contribution in [-0.2, 0) is 11.4 Å². The van der Waals surface area contributed by atoms with Crippen LogP contribution in [0.4, 0.5) is 10.1 Å². The van der Waals surface area contributed by atoms with Gasteiger partial charge in [-0.05, 0) is 49.1 Å². The predicted molar refractivity (Wildman–Crippen MR) is 95.7 cm³/mol.